The first-order chi connectivity index (χ1) is 22.5. The summed E-state index contributed by atoms with van der Waals surface area (Å²) in [7, 11) is 0. The lowest BCUT2D eigenvalue weighted by Crippen LogP contribution is -1.76. The van der Waals surface area contributed by atoms with Crippen LogP contribution in [0.2, 0.25) is 0 Å². The molecule has 0 aliphatic heterocycles. The molecule has 10 aromatic rings. The van der Waals surface area contributed by atoms with Gasteiger partial charge in [-0.05, 0) is 59.3 Å². The number of hydrogen-bond acceptors (Lipinski definition) is 12. The van der Waals surface area contributed by atoms with Gasteiger partial charge in [-0.3, -0.25) is 0 Å². The standard InChI is InChI=1S/C32H12F2N6S6/c33-15-1-3-21-19(9-15)39-31(41-21)29-35-11-25(45-29)27-37-17-5-13-8-24-18(6-14(13)7-23(17)43-27)38-28(44-24)26-12-36-30(46-26)32-40-20-10-16(34)2-4-22(20)42-32/h1-12H. The third-order valence-electron chi connectivity index (χ3n) is 7.35. The van der Waals surface area contributed by atoms with Gasteiger partial charge in [-0.2, -0.15) is 0 Å². The van der Waals surface area contributed by atoms with E-state index in [4.69, 9.17) is 9.97 Å². The van der Waals surface area contributed by atoms with Crippen LogP contribution in [0.3, 0.4) is 0 Å². The highest BCUT2D eigenvalue weighted by molar-refractivity contribution is 7.30. The van der Waals surface area contributed by atoms with Crippen LogP contribution < -0.4 is 0 Å². The van der Waals surface area contributed by atoms with Crippen LogP contribution in [0.1, 0.15) is 0 Å². The van der Waals surface area contributed by atoms with E-state index in [1.807, 2.05) is 12.4 Å². The average molecular weight is 711 g/mol. The minimum absolute atomic E-state index is 0.294. The molecule has 0 saturated heterocycles. The van der Waals surface area contributed by atoms with Crippen LogP contribution in [-0.2, 0) is 0 Å². The van der Waals surface area contributed by atoms with Crippen LogP contribution in [0, 0.1) is 11.6 Å². The fraction of sp³-hybridized carbons (Fsp3) is 0. The first-order valence-electron chi connectivity index (χ1n) is 13.7. The molecular formula is C32H12F2N6S6. The van der Waals surface area contributed by atoms with Gasteiger partial charge in [0, 0.05) is 24.5 Å². The Labute approximate surface area is 281 Å². The van der Waals surface area contributed by atoms with Crippen molar-refractivity contribution < 1.29 is 8.78 Å². The van der Waals surface area contributed by atoms with Crippen LogP contribution in [0.5, 0.6) is 0 Å². The predicted octanol–water partition coefficient (Wildman–Crippen LogP) is 11.1. The van der Waals surface area contributed by atoms with E-state index in [0.29, 0.717) is 11.0 Å². The highest BCUT2D eigenvalue weighted by atomic mass is 32.1. The first kappa shape index (κ1) is 27.0. The Morgan fingerprint density at radius 2 is 0.804 bits per heavy atom. The minimum Gasteiger partial charge on any atom is -0.241 e. The van der Waals surface area contributed by atoms with Gasteiger partial charge in [0.2, 0.25) is 0 Å². The summed E-state index contributed by atoms with van der Waals surface area (Å²) in [5.74, 6) is -0.588. The van der Waals surface area contributed by atoms with Crippen LogP contribution in [-0.4, -0.2) is 29.9 Å². The van der Waals surface area contributed by atoms with Crippen molar-refractivity contribution in [2.75, 3.05) is 0 Å². The molecule has 220 valence electrons. The zero-order chi connectivity index (χ0) is 30.5. The summed E-state index contributed by atoms with van der Waals surface area (Å²) in [6.45, 7) is 0. The van der Waals surface area contributed by atoms with Crippen molar-refractivity contribution in [3.63, 3.8) is 0 Å². The van der Waals surface area contributed by atoms with E-state index in [2.05, 4.69) is 44.2 Å². The molecule has 0 atom stereocenters. The highest BCUT2D eigenvalue weighted by Gasteiger charge is 2.18. The maximum Gasteiger partial charge on any atom is 0.153 e. The summed E-state index contributed by atoms with van der Waals surface area (Å²) >= 11 is 9.37. The van der Waals surface area contributed by atoms with Crippen LogP contribution >= 0.6 is 68.0 Å². The van der Waals surface area contributed by atoms with E-state index >= 15 is 0 Å². The molecule has 6 nitrogen and oxygen atoms in total. The number of aromatic nitrogens is 6. The molecule has 0 aliphatic carbocycles. The third-order valence-corrected chi connectivity index (χ3v) is 14.1. The molecule has 6 aromatic heterocycles. The molecule has 0 unspecified atom stereocenters. The molecule has 0 spiro atoms. The summed E-state index contributed by atoms with van der Waals surface area (Å²) < 4.78 is 31.3. The van der Waals surface area contributed by atoms with Crippen LogP contribution in [0.15, 0.2) is 73.1 Å². The van der Waals surface area contributed by atoms with Crippen molar-refractivity contribution in [2.45, 2.75) is 0 Å². The molecule has 4 aromatic carbocycles. The SMILES string of the molecule is Fc1ccc2sc(-c3ncc(-c4nc5cc6cc7sc(-c8cnc(-c9nc%10cc(F)ccc%10s9)s8)nc7cc6cc5s4)s3)nc2c1. The maximum absolute atomic E-state index is 13.7. The Balaban J connectivity index is 0.968. The third kappa shape index (κ3) is 4.47. The molecule has 0 saturated carbocycles. The number of nitrogens with zero attached hydrogens (tertiary/aromatic N) is 6. The predicted molar refractivity (Wildman–Crippen MR) is 190 cm³/mol. The first-order valence-corrected chi connectivity index (χ1v) is 18.6. The van der Waals surface area contributed by atoms with E-state index in [1.54, 1.807) is 57.5 Å². The quantitative estimate of drug-likeness (QED) is 0.181. The Morgan fingerprint density at radius 1 is 0.391 bits per heavy atom. The smallest absolute Gasteiger partial charge is 0.153 e. The number of thiazole rings is 6. The molecule has 6 heterocycles. The highest BCUT2D eigenvalue weighted by Crippen LogP contribution is 2.42. The Morgan fingerprint density at radius 3 is 1.28 bits per heavy atom. The topological polar surface area (TPSA) is 77.3 Å². The minimum atomic E-state index is -0.294. The van der Waals surface area contributed by atoms with Crippen molar-refractivity contribution in [3.05, 3.63) is 84.7 Å². The lowest BCUT2D eigenvalue weighted by Gasteiger charge is -1.97. The lowest BCUT2D eigenvalue weighted by molar-refractivity contribution is 0.629. The summed E-state index contributed by atoms with van der Waals surface area (Å²) in [5, 5.41) is 7.16. The van der Waals surface area contributed by atoms with Crippen LogP contribution in [0.4, 0.5) is 8.78 Å². The van der Waals surface area contributed by atoms with Crippen molar-refractivity contribution in [3.8, 4) is 39.8 Å². The van der Waals surface area contributed by atoms with Gasteiger partial charge in [-0.1, -0.05) is 0 Å². The number of hydrogen-bond donors (Lipinski definition) is 0. The fourth-order valence-corrected chi connectivity index (χ4v) is 11.1. The van der Waals surface area contributed by atoms with Gasteiger partial charge in [-0.25, -0.2) is 38.7 Å². The monoisotopic (exact) mass is 710 g/mol. The lowest BCUT2D eigenvalue weighted by atomic mass is 10.1. The molecule has 14 heteroatoms. The summed E-state index contributed by atoms with van der Waals surface area (Å²) in [5.41, 5.74) is 3.16. The normalized spacial score (nSPS) is 12.1. The number of fused-ring (bicyclic) bond motifs is 5. The molecule has 0 radical (unpaired) electrons. The van der Waals surface area contributed by atoms with Crippen molar-refractivity contribution >= 4 is 120 Å². The van der Waals surface area contributed by atoms with Gasteiger partial charge in [0.15, 0.2) is 20.0 Å². The van der Waals surface area contributed by atoms with E-state index in [1.165, 1.54) is 46.9 Å². The van der Waals surface area contributed by atoms with Gasteiger partial charge >= 0.3 is 0 Å². The number of benzene rings is 4. The van der Waals surface area contributed by atoms with Crippen molar-refractivity contribution in [1.29, 1.82) is 0 Å². The second-order valence-electron chi connectivity index (χ2n) is 10.3. The number of halogens is 2. The molecule has 0 aliphatic rings. The summed E-state index contributed by atoms with van der Waals surface area (Å²) in [6, 6.07) is 17.9. The van der Waals surface area contributed by atoms with E-state index in [9.17, 15) is 8.78 Å². The molecule has 10 rings (SSSR count). The number of rotatable bonds is 4. The maximum atomic E-state index is 13.7. The van der Waals surface area contributed by atoms with Crippen molar-refractivity contribution in [2.24, 2.45) is 0 Å². The summed E-state index contributed by atoms with van der Waals surface area (Å²) in [4.78, 5) is 30.3. The van der Waals surface area contributed by atoms with E-state index < -0.39 is 0 Å². The Bertz CT molecular complexity index is 2560. The second kappa shape index (κ2) is 10.2. The molecule has 0 amide bonds. The largest absolute Gasteiger partial charge is 0.241 e. The van der Waals surface area contributed by atoms with Crippen LogP contribution in [0.25, 0.3) is 91.4 Å². The molecule has 0 N–H and O–H groups in total. The second-order valence-corrected chi connectivity index (χ2v) is 16.5. The van der Waals surface area contributed by atoms with E-state index in [-0.39, 0.29) is 11.6 Å². The Hall–Kier alpha value is -4.18. The van der Waals surface area contributed by atoms with Crippen molar-refractivity contribution in [1.82, 2.24) is 29.9 Å². The van der Waals surface area contributed by atoms with Gasteiger partial charge in [-0.15, -0.1) is 68.0 Å². The molecule has 46 heavy (non-hydrogen) atoms. The zero-order valence-electron chi connectivity index (χ0n) is 22.8. The fourth-order valence-electron chi connectivity index (χ4n) is 5.23. The molecular weight excluding hydrogens is 699 g/mol. The average Bonchev–Trinajstić information content (AvgIpc) is 3.87. The molecule has 0 fully saturated rings. The van der Waals surface area contributed by atoms with Gasteiger partial charge in [0.05, 0.1) is 50.6 Å². The summed E-state index contributed by atoms with van der Waals surface area (Å²) in [6.07, 6.45) is 3.68. The Kier molecular flexibility index (Phi) is 5.96. The molecule has 0 bridgehead atoms. The van der Waals surface area contributed by atoms with Gasteiger partial charge in [0.25, 0.3) is 0 Å². The van der Waals surface area contributed by atoms with Gasteiger partial charge < -0.3 is 0 Å². The zero-order valence-corrected chi connectivity index (χ0v) is 27.7. The van der Waals surface area contributed by atoms with E-state index in [0.717, 1.165) is 80.4 Å². The van der Waals surface area contributed by atoms with Gasteiger partial charge in [0.1, 0.15) is 21.6 Å².